The van der Waals surface area contributed by atoms with Crippen molar-refractivity contribution in [3.8, 4) is 0 Å². The smallest absolute Gasteiger partial charge is 0.256 e. The van der Waals surface area contributed by atoms with Crippen molar-refractivity contribution in [3.05, 3.63) is 24.3 Å². The highest BCUT2D eigenvalue weighted by Crippen LogP contribution is 2.24. The molecule has 3 heterocycles. The lowest BCUT2D eigenvalue weighted by Gasteiger charge is -2.42. The number of rotatable bonds is 4. The van der Waals surface area contributed by atoms with Crippen LogP contribution in [0.5, 0.6) is 0 Å². The molecule has 2 aliphatic heterocycles. The molecule has 0 radical (unpaired) electrons. The maximum absolute atomic E-state index is 12.1. The minimum Gasteiger partial charge on any atom is -0.431 e. The molecule has 1 amide bonds. The molecule has 2 fully saturated rings. The van der Waals surface area contributed by atoms with Gasteiger partial charge in [0.25, 0.3) is 5.22 Å². The summed E-state index contributed by atoms with van der Waals surface area (Å²) in [4.78, 5) is 21.2. The molecular formula is C17H23N5O2S. The Labute approximate surface area is 151 Å². The maximum Gasteiger partial charge on any atom is 0.256 e. The molecule has 2 aromatic rings. The molecule has 0 aliphatic carbocycles. The average molecular weight is 361 g/mol. The molecular weight excluding hydrogens is 338 g/mol. The number of amides is 1. The van der Waals surface area contributed by atoms with Gasteiger partial charge in [-0.2, -0.15) is 0 Å². The predicted molar refractivity (Wildman–Crippen MR) is 97.3 cm³/mol. The van der Waals surface area contributed by atoms with Crippen LogP contribution in [0.1, 0.15) is 6.42 Å². The minimum absolute atomic E-state index is 0.0795. The Morgan fingerprint density at radius 1 is 1.28 bits per heavy atom. The standard InChI is InChI=1S/C17H23N5O2S/c1-21-6-8-22(9-7-21)16-18-12(10-15(23)20-16)11-25-17-19-13-4-2-3-5-14(13)24-17/h2-5,12,16,18H,6-11H2,1H3,(H,20,23). The van der Waals surface area contributed by atoms with Crippen LogP contribution in [0.25, 0.3) is 11.1 Å². The van der Waals surface area contributed by atoms with Gasteiger partial charge in [0.05, 0.1) is 0 Å². The molecule has 2 unspecified atom stereocenters. The molecule has 1 aromatic heterocycles. The van der Waals surface area contributed by atoms with E-state index in [2.05, 4.69) is 32.5 Å². The molecule has 2 aliphatic rings. The lowest BCUT2D eigenvalue weighted by molar-refractivity contribution is -0.127. The first-order chi connectivity index (χ1) is 12.2. The first kappa shape index (κ1) is 16.8. The lowest BCUT2D eigenvalue weighted by atomic mass is 10.2. The van der Waals surface area contributed by atoms with E-state index in [1.807, 2.05) is 24.3 Å². The number of oxazole rings is 1. The molecule has 134 valence electrons. The van der Waals surface area contributed by atoms with Gasteiger partial charge in [-0.1, -0.05) is 23.9 Å². The van der Waals surface area contributed by atoms with Gasteiger partial charge in [-0.3, -0.25) is 15.0 Å². The van der Waals surface area contributed by atoms with Crippen LogP contribution in [-0.4, -0.2) is 72.0 Å². The fourth-order valence-electron chi connectivity index (χ4n) is 3.23. The summed E-state index contributed by atoms with van der Waals surface area (Å²) in [5.74, 6) is 0.857. The van der Waals surface area contributed by atoms with Gasteiger partial charge in [-0.25, -0.2) is 4.98 Å². The van der Waals surface area contributed by atoms with Crippen molar-refractivity contribution in [2.45, 2.75) is 24.0 Å². The second-order valence-electron chi connectivity index (χ2n) is 6.64. The van der Waals surface area contributed by atoms with Gasteiger partial charge in [0.2, 0.25) is 5.91 Å². The number of fused-ring (bicyclic) bond motifs is 1. The van der Waals surface area contributed by atoms with Crippen LogP contribution in [0.3, 0.4) is 0 Å². The highest BCUT2D eigenvalue weighted by Gasteiger charge is 2.31. The van der Waals surface area contributed by atoms with E-state index in [9.17, 15) is 4.79 Å². The van der Waals surface area contributed by atoms with Crippen molar-refractivity contribution in [2.24, 2.45) is 0 Å². The Morgan fingerprint density at radius 3 is 2.88 bits per heavy atom. The average Bonchev–Trinajstić information content (AvgIpc) is 3.03. The normalized spacial score (nSPS) is 26.0. The summed E-state index contributed by atoms with van der Waals surface area (Å²) in [6.45, 7) is 3.96. The molecule has 0 spiro atoms. The third-order valence-corrected chi connectivity index (χ3v) is 5.70. The van der Waals surface area contributed by atoms with Crippen molar-refractivity contribution in [3.63, 3.8) is 0 Å². The summed E-state index contributed by atoms with van der Waals surface area (Å²) < 4.78 is 5.75. The van der Waals surface area contributed by atoms with Crippen LogP contribution in [-0.2, 0) is 4.79 Å². The van der Waals surface area contributed by atoms with E-state index in [0.717, 1.165) is 43.0 Å². The van der Waals surface area contributed by atoms with E-state index < -0.39 is 0 Å². The fraction of sp³-hybridized carbons (Fsp3) is 0.529. The first-order valence-corrected chi connectivity index (χ1v) is 9.62. The third-order valence-electron chi connectivity index (χ3n) is 4.71. The number of thioether (sulfide) groups is 1. The lowest BCUT2D eigenvalue weighted by Crippen LogP contribution is -2.66. The van der Waals surface area contributed by atoms with E-state index in [1.165, 1.54) is 0 Å². The van der Waals surface area contributed by atoms with E-state index >= 15 is 0 Å². The van der Waals surface area contributed by atoms with Crippen molar-refractivity contribution in [2.75, 3.05) is 39.0 Å². The minimum atomic E-state index is -0.0795. The summed E-state index contributed by atoms with van der Waals surface area (Å²) in [6.07, 6.45) is 0.404. The monoisotopic (exact) mass is 361 g/mol. The van der Waals surface area contributed by atoms with Gasteiger partial charge in [0.15, 0.2) is 5.58 Å². The Bertz CT molecular complexity index is 710. The van der Waals surface area contributed by atoms with Crippen molar-refractivity contribution in [1.29, 1.82) is 0 Å². The second-order valence-corrected chi connectivity index (χ2v) is 7.61. The zero-order valence-electron chi connectivity index (χ0n) is 14.3. The molecule has 0 saturated carbocycles. The highest BCUT2D eigenvalue weighted by molar-refractivity contribution is 7.99. The van der Waals surface area contributed by atoms with Gasteiger partial charge < -0.3 is 14.6 Å². The van der Waals surface area contributed by atoms with E-state index in [4.69, 9.17) is 4.42 Å². The largest absolute Gasteiger partial charge is 0.431 e. The Morgan fingerprint density at radius 2 is 2.08 bits per heavy atom. The summed E-state index contributed by atoms with van der Waals surface area (Å²) in [6, 6.07) is 7.86. The topological polar surface area (TPSA) is 73.6 Å². The SMILES string of the molecule is CN1CCN(C2NC(=O)CC(CSc3nc4ccccc4o3)N2)CC1. The van der Waals surface area contributed by atoms with Gasteiger partial charge in [-0.15, -0.1) is 0 Å². The van der Waals surface area contributed by atoms with E-state index in [-0.39, 0.29) is 18.2 Å². The molecule has 25 heavy (non-hydrogen) atoms. The summed E-state index contributed by atoms with van der Waals surface area (Å²) in [5, 5.41) is 7.27. The summed E-state index contributed by atoms with van der Waals surface area (Å²) in [5.41, 5.74) is 1.67. The van der Waals surface area contributed by atoms with Crippen molar-refractivity contribution >= 4 is 28.8 Å². The first-order valence-electron chi connectivity index (χ1n) is 8.64. The molecule has 1 aromatic carbocycles. The summed E-state index contributed by atoms with van der Waals surface area (Å²) in [7, 11) is 2.13. The molecule has 7 nitrogen and oxygen atoms in total. The molecule has 4 rings (SSSR count). The highest BCUT2D eigenvalue weighted by atomic mass is 32.2. The van der Waals surface area contributed by atoms with Crippen molar-refractivity contribution < 1.29 is 9.21 Å². The molecule has 8 heteroatoms. The van der Waals surface area contributed by atoms with Gasteiger partial charge >= 0.3 is 0 Å². The number of likely N-dealkylation sites (N-methyl/N-ethyl adjacent to an activating group) is 1. The molecule has 2 N–H and O–H groups in total. The number of aromatic nitrogens is 1. The summed E-state index contributed by atoms with van der Waals surface area (Å²) >= 11 is 1.56. The number of hydrogen-bond donors (Lipinski definition) is 2. The quantitative estimate of drug-likeness (QED) is 0.785. The number of piperazine rings is 1. The van der Waals surface area contributed by atoms with Gasteiger partial charge in [0, 0.05) is 44.4 Å². The number of benzene rings is 1. The second kappa shape index (κ2) is 7.33. The van der Waals surface area contributed by atoms with E-state index in [0.29, 0.717) is 11.6 Å². The molecule has 0 bridgehead atoms. The molecule has 2 atom stereocenters. The number of carbonyl (C=O) groups excluding carboxylic acids is 1. The zero-order valence-corrected chi connectivity index (χ0v) is 15.1. The Kier molecular flexibility index (Phi) is 4.93. The van der Waals surface area contributed by atoms with Crippen LogP contribution in [0.15, 0.2) is 33.9 Å². The number of nitrogens with one attached hydrogen (secondary N) is 2. The van der Waals surface area contributed by atoms with Gasteiger partial charge in [-0.05, 0) is 19.2 Å². The van der Waals surface area contributed by atoms with Crippen LogP contribution in [0.4, 0.5) is 0 Å². The maximum atomic E-state index is 12.1. The van der Waals surface area contributed by atoms with Crippen molar-refractivity contribution in [1.82, 2.24) is 25.4 Å². The zero-order chi connectivity index (χ0) is 17.2. The van der Waals surface area contributed by atoms with E-state index in [1.54, 1.807) is 11.8 Å². The Hall–Kier alpha value is -1.61. The number of para-hydroxylation sites is 2. The van der Waals surface area contributed by atoms with Crippen LogP contribution >= 0.6 is 11.8 Å². The number of hydrogen-bond acceptors (Lipinski definition) is 7. The van der Waals surface area contributed by atoms with Crippen LogP contribution in [0, 0.1) is 0 Å². The Balaban J connectivity index is 1.35. The van der Waals surface area contributed by atoms with Crippen LogP contribution < -0.4 is 10.6 Å². The molecule has 2 saturated heterocycles. The third kappa shape index (κ3) is 3.98. The number of nitrogens with zero attached hydrogens (tertiary/aromatic N) is 3. The van der Waals surface area contributed by atoms with Crippen LogP contribution in [0.2, 0.25) is 0 Å². The van der Waals surface area contributed by atoms with Gasteiger partial charge in [0.1, 0.15) is 11.8 Å². The predicted octanol–water partition coefficient (Wildman–Crippen LogP) is 0.929. The fourth-order valence-corrected chi connectivity index (χ4v) is 4.10. The number of carbonyl (C=O) groups is 1.